The number of carbonyl (C=O) groups is 4. The molecule has 186 valence electrons. The Morgan fingerprint density at radius 2 is 2.17 bits per heavy atom. The average Bonchev–Trinajstić information content (AvgIpc) is 3.43. The second kappa shape index (κ2) is 11.8. The third-order valence-corrected chi connectivity index (χ3v) is 5.24. The van der Waals surface area contributed by atoms with Crippen LogP contribution in [0.4, 0.5) is 5.69 Å². The maximum absolute atomic E-state index is 12.8. The zero-order valence-electron chi connectivity index (χ0n) is 19.4. The molecule has 0 unspecified atom stereocenters. The van der Waals surface area contributed by atoms with Crippen LogP contribution in [-0.4, -0.2) is 52.6 Å². The minimum Gasteiger partial charge on any atom is -0.463 e. The van der Waals surface area contributed by atoms with Gasteiger partial charge < -0.3 is 29.8 Å². The summed E-state index contributed by atoms with van der Waals surface area (Å²) in [5.41, 5.74) is -0.612. The first-order valence-corrected chi connectivity index (χ1v) is 11.1. The van der Waals surface area contributed by atoms with Crippen molar-refractivity contribution in [2.24, 2.45) is 5.92 Å². The molecule has 1 fully saturated rings. The first-order valence-electron chi connectivity index (χ1n) is 11.1. The Balaban J connectivity index is 1.68. The summed E-state index contributed by atoms with van der Waals surface area (Å²) in [6.45, 7) is 3.72. The van der Waals surface area contributed by atoms with Crippen molar-refractivity contribution in [2.45, 2.75) is 39.3 Å². The molecule has 3 heterocycles. The Labute approximate surface area is 200 Å². The number of nitrogens with zero attached hydrogens (tertiary/aromatic N) is 2. The highest BCUT2D eigenvalue weighted by Gasteiger charge is 2.27. The van der Waals surface area contributed by atoms with Crippen LogP contribution < -0.4 is 21.5 Å². The highest BCUT2D eigenvalue weighted by molar-refractivity contribution is 6.02. The summed E-state index contributed by atoms with van der Waals surface area (Å²) in [6.07, 6.45) is 4.99. The largest absolute Gasteiger partial charge is 0.463 e. The van der Waals surface area contributed by atoms with E-state index in [0.717, 1.165) is 4.57 Å². The predicted octanol–water partition coefficient (Wildman–Crippen LogP) is 0.527. The van der Waals surface area contributed by atoms with Crippen molar-refractivity contribution in [2.75, 3.05) is 18.5 Å². The number of amides is 3. The zero-order chi connectivity index (χ0) is 25.4. The normalized spacial score (nSPS) is 16.1. The summed E-state index contributed by atoms with van der Waals surface area (Å²) >= 11 is 0. The number of carbonyl (C=O) groups excluding carboxylic acids is 4. The van der Waals surface area contributed by atoms with Gasteiger partial charge in [-0.2, -0.15) is 0 Å². The van der Waals surface area contributed by atoms with E-state index in [1.165, 1.54) is 36.5 Å². The molecular weight excluding hydrogens is 458 g/mol. The second-order valence-corrected chi connectivity index (χ2v) is 7.93. The van der Waals surface area contributed by atoms with Crippen LogP contribution in [0.25, 0.3) is 0 Å². The van der Waals surface area contributed by atoms with E-state index in [-0.39, 0.29) is 42.8 Å². The van der Waals surface area contributed by atoms with Crippen molar-refractivity contribution >= 4 is 29.4 Å². The van der Waals surface area contributed by atoms with Crippen molar-refractivity contribution < 1.29 is 28.4 Å². The molecule has 2 aromatic rings. The maximum Gasteiger partial charge on any atom is 0.330 e. The highest BCUT2D eigenvalue weighted by Crippen LogP contribution is 2.17. The van der Waals surface area contributed by atoms with Crippen LogP contribution in [0.3, 0.4) is 0 Å². The fourth-order valence-electron chi connectivity index (χ4n) is 3.57. The topological polar surface area (TPSA) is 162 Å². The zero-order valence-corrected chi connectivity index (χ0v) is 19.4. The molecule has 3 amide bonds. The van der Waals surface area contributed by atoms with Gasteiger partial charge >= 0.3 is 5.97 Å². The molecule has 0 radical (unpaired) electrons. The van der Waals surface area contributed by atoms with Crippen LogP contribution in [0.5, 0.6) is 0 Å². The van der Waals surface area contributed by atoms with E-state index in [9.17, 15) is 24.0 Å². The number of hydrogen-bond acceptors (Lipinski definition) is 8. The van der Waals surface area contributed by atoms with E-state index >= 15 is 0 Å². The molecule has 0 bridgehead atoms. The third-order valence-electron chi connectivity index (χ3n) is 5.24. The molecule has 0 aliphatic carbocycles. The number of rotatable bonds is 10. The van der Waals surface area contributed by atoms with Crippen LogP contribution >= 0.6 is 0 Å². The molecule has 35 heavy (non-hydrogen) atoms. The molecule has 1 saturated heterocycles. The molecule has 2 aromatic heterocycles. The lowest BCUT2D eigenvalue weighted by atomic mass is 9.98. The van der Waals surface area contributed by atoms with Gasteiger partial charge in [-0.05, 0) is 38.8 Å². The van der Waals surface area contributed by atoms with Gasteiger partial charge in [-0.1, -0.05) is 11.2 Å². The molecule has 3 rings (SSSR count). The molecule has 0 saturated carbocycles. The molecule has 1 aliphatic heterocycles. The number of nitrogens with one attached hydrogen (secondary N) is 3. The van der Waals surface area contributed by atoms with E-state index in [1.807, 2.05) is 0 Å². The average molecular weight is 485 g/mol. The number of hydrogen-bond donors (Lipinski definition) is 3. The minimum atomic E-state index is -0.630. The molecule has 12 nitrogen and oxygen atoms in total. The minimum absolute atomic E-state index is 0.0159. The van der Waals surface area contributed by atoms with E-state index in [0.29, 0.717) is 18.7 Å². The van der Waals surface area contributed by atoms with Crippen molar-refractivity contribution in [3.63, 3.8) is 0 Å². The first-order chi connectivity index (χ1) is 16.8. The van der Waals surface area contributed by atoms with E-state index < -0.39 is 29.4 Å². The lowest BCUT2D eigenvalue weighted by molar-refractivity contribution is -0.137. The van der Waals surface area contributed by atoms with Gasteiger partial charge in [0.1, 0.15) is 18.0 Å². The van der Waals surface area contributed by atoms with Gasteiger partial charge in [0.15, 0.2) is 5.69 Å². The molecule has 12 heteroatoms. The number of aromatic nitrogens is 2. The molecular formula is C23H27N5O7. The summed E-state index contributed by atoms with van der Waals surface area (Å²) in [4.78, 5) is 61.5. The van der Waals surface area contributed by atoms with Gasteiger partial charge in [-0.25, -0.2) is 4.79 Å². The number of esters is 1. The Morgan fingerprint density at radius 3 is 2.83 bits per heavy atom. The molecule has 2 atom stereocenters. The van der Waals surface area contributed by atoms with E-state index in [4.69, 9.17) is 9.26 Å². The Bertz CT molecular complexity index is 1180. The number of ether oxygens (including phenoxy) is 1. The van der Waals surface area contributed by atoms with Gasteiger partial charge in [-0.15, -0.1) is 0 Å². The van der Waals surface area contributed by atoms with Crippen LogP contribution in [-0.2, 0) is 25.7 Å². The summed E-state index contributed by atoms with van der Waals surface area (Å²) in [6, 6.07) is 3.72. The fraction of sp³-hybridized carbons (Fsp3) is 0.391. The molecule has 1 aliphatic rings. The standard InChI is InChI=1S/C23H27N5O7/c1-3-34-20(30)7-6-16(12-15-8-9-24-21(15)31)25-19(29)13-28-10-4-5-17(23(28)33)26-22(32)18-11-14(2)35-27-18/h4-7,10-11,15-16H,3,8-9,12-13H2,1-2H3,(H,24,31)(H,25,29)(H,26,32)/b7-6+/t15-,16+/m0/s1. The highest BCUT2D eigenvalue weighted by atomic mass is 16.5. The predicted molar refractivity (Wildman–Crippen MR) is 123 cm³/mol. The summed E-state index contributed by atoms with van der Waals surface area (Å²) in [7, 11) is 0. The van der Waals surface area contributed by atoms with Crippen molar-refractivity contribution in [1.29, 1.82) is 0 Å². The van der Waals surface area contributed by atoms with Crippen LogP contribution in [0.15, 0.2) is 45.9 Å². The SMILES string of the molecule is CCOC(=O)/C=C/[C@H](C[C@@H]1CCNC1=O)NC(=O)Cn1cccc(NC(=O)c2cc(C)on2)c1=O. The number of pyridine rings is 1. The summed E-state index contributed by atoms with van der Waals surface area (Å²) < 4.78 is 10.9. The summed E-state index contributed by atoms with van der Waals surface area (Å²) in [5, 5.41) is 11.5. The Morgan fingerprint density at radius 1 is 1.37 bits per heavy atom. The lowest BCUT2D eigenvalue weighted by Gasteiger charge is -2.18. The molecule has 0 spiro atoms. The van der Waals surface area contributed by atoms with Gasteiger partial charge in [0.25, 0.3) is 11.5 Å². The first kappa shape index (κ1) is 25.4. The number of aryl methyl sites for hydroxylation is 1. The Hall–Kier alpha value is -4.22. The smallest absolute Gasteiger partial charge is 0.330 e. The van der Waals surface area contributed by atoms with Crippen LogP contribution in [0.1, 0.15) is 36.0 Å². The van der Waals surface area contributed by atoms with E-state index in [1.54, 1.807) is 13.8 Å². The van der Waals surface area contributed by atoms with Gasteiger partial charge in [0.2, 0.25) is 11.8 Å². The van der Waals surface area contributed by atoms with E-state index in [2.05, 4.69) is 21.1 Å². The summed E-state index contributed by atoms with van der Waals surface area (Å²) in [5.74, 6) is -1.69. The van der Waals surface area contributed by atoms with Crippen molar-refractivity contribution in [1.82, 2.24) is 20.4 Å². The lowest BCUT2D eigenvalue weighted by Crippen LogP contribution is -2.40. The molecule has 0 aromatic carbocycles. The quantitative estimate of drug-likeness (QED) is 0.324. The van der Waals surface area contributed by atoms with Crippen LogP contribution in [0, 0.1) is 12.8 Å². The maximum atomic E-state index is 12.8. The van der Waals surface area contributed by atoms with Gasteiger partial charge in [0.05, 0.1) is 6.61 Å². The van der Waals surface area contributed by atoms with Gasteiger partial charge in [0, 0.05) is 36.8 Å². The van der Waals surface area contributed by atoms with Crippen molar-refractivity contribution in [3.05, 3.63) is 58.4 Å². The fourth-order valence-corrected chi connectivity index (χ4v) is 3.57. The van der Waals surface area contributed by atoms with Crippen LogP contribution in [0.2, 0.25) is 0 Å². The second-order valence-electron chi connectivity index (χ2n) is 7.93. The third kappa shape index (κ3) is 7.13. The monoisotopic (exact) mass is 485 g/mol. The Kier molecular flexibility index (Phi) is 8.54. The molecule has 3 N–H and O–H groups in total. The number of anilines is 1. The van der Waals surface area contributed by atoms with Gasteiger partial charge in [-0.3, -0.25) is 19.2 Å². The van der Waals surface area contributed by atoms with Crippen molar-refractivity contribution in [3.8, 4) is 0 Å².